The predicted molar refractivity (Wildman–Crippen MR) is 72.4 cm³/mol. The molecule has 1 aromatic carbocycles. The molecule has 1 atom stereocenters. The van der Waals surface area contributed by atoms with E-state index < -0.39 is 5.97 Å². The summed E-state index contributed by atoms with van der Waals surface area (Å²) in [6, 6.07) is 10.9. The first-order valence-corrected chi connectivity index (χ1v) is 5.41. The van der Waals surface area contributed by atoms with Crippen LogP contribution in [-0.4, -0.2) is 16.1 Å². The van der Waals surface area contributed by atoms with Gasteiger partial charge in [-0.2, -0.15) is 0 Å². The van der Waals surface area contributed by atoms with Gasteiger partial charge < -0.3 is 5.11 Å². The van der Waals surface area contributed by atoms with Gasteiger partial charge >= 0.3 is 5.97 Å². The van der Waals surface area contributed by atoms with Gasteiger partial charge in [0.05, 0.1) is 5.56 Å². The fourth-order valence-electron chi connectivity index (χ4n) is 1.74. The Bertz CT molecular complexity index is 511. The first-order valence-electron chi connectivity index (χ1n) is 5.41. The van der Waals surface area contributed by atoms with Crippen LogP contribution in [0.25, 0.3) is 0 Å². The van der Waals surface area contributed by atoms with Crippen LogP contribution in [0.2, 0.25) is 0 Å². The third kappa shape index (κ3) is 3.08. The summed E-state index contributed by atoms with van der Waals surface area (Å²) in [5.74, 6) is -0.683. The topological polar surface area (TPSA) is 50.2 Å². The Balaban J connectivity index is 0.00000162. The number of carboxylic acid groups (broad SMARTS) is 1. The van der Waals surface area contributed by atoms with E-state index in [1.807, 2.05) is 30.5 Å². The molecule has 1 N–H and O–H groups in total. The van der Waals surface area contributed by atoms with Crippen molar-refractivity contribution in [3.63, 3.8) is 0 Å². The average molecular weight is 264 g/mol. The number of hydrogen-bond donors (Lipinski definition) is 1. The summed E-state index contributed by atoms with van der Waals surface area (Å²) in [5, 5.41) is 8.82. The lowest BCUT2D eigenvalue weighted by Crippen LogP contribution is -1.99. The van der Waals surface area contributed by atoms with Gasteiger partial charge in [-0.05, 0) is 29.3 Å². The van der Waals surface area contributed by atoms with Gasteiger partial charge in [-0.1, -0.05) is 25.1 Å². The minimum absolute atomic E-state index is 0. The molecular formula is C14H14ClNO2. The van der Waals surface area contributed by atoms with Crippen molar-refractivity contribution in [2.24, 2.45) is 0 Å². The molecule has 94 valence electrons. The number of carboxylic acids is 1. The fourth-order valence-corrected chi connectivity index (χ4v) is 1.74. The summed E-state index contributed by atoms with van der Waals surface area (Å²) in [7, 11) is 0. The van der Waals surface area contributed by atoms with Crippen molar-refractivity contribution in [1.29, 1.82) is 0 Å². The van der Waals surface area contributed by atoms with Crippen LogP contribution in [-0.2, 0) is 0 Å². The molecule has 0 saturated heterocycles. The fraction of sp³-hybridized carbons (Fsp3) is 0.143. The van der Waals surface area contributed by atoms with Crippen molar-refractivity contribution in [3.8, 4) is 0 Å². The predicted octanol–water partition coefficient (Wildman–Crippen LogP) is 3.35. The quantitative estimate of drug-likeness (QED) is 0.924. The van der Waals surface area contributed by atoms with Gasteiger partial charge in [-0.3, -0.25) is 4.98 Å². The third-order valence-corrected chi connectivity index (χ3v) is 2.84. The Morgan fingerprint density at radius 3 is 2.33 bits per heavy atom. The van der Waals surface area contributed by atoms with E-state index in [1.165, 1.54) is 0 Å². The average Bonchev–Trinajstić information content (AvgIpc) is 2.39. The number of aromatic carboxylic acids is 1. The second kappa shape index (κ2) is 6.17. The SMILES string of the molecule is CC(c1ccc(C(=O)O)cc1)c1cccnc1.Cl. The van der Waals surface area contributed by atoms with Crippen molar-refractivity contribution < 1.29 is 9.90 Å². The summed E-state index contributed by atoms with van der Waals surface area (Å²) >= 11 is 0. The zero-order chi connectivity index (χ0) is 12.3. The molecule has 0 aliphatic rings. The number of hydrogen-bond acceptors (Lipinski definition) is 2. The van der Waals surface area contributed by atoms with Crippen LogP contribution in [0.3, 0.4) is 0 Å². The second-order valence-electron chi connectivity index (χ2n) is 3.94. The Morgan fingerprint density at radius 1 is 1.17 bits per heavy atom. The number of benzene rings is 1. The molecule has 2 rings (SSSR count). The second-order valence-corrected chi connectivity index (χ2v) is 3.94. The van der Waals surface area contributed by atoms with Crippen LogP contribution >= 0.6 is 12.4 Å². The van der Waals surface area contributed by atoms with Crippen LogP contribution in [0.1, 0.15) is 34.3 Å². The molecule has 3 nitrogen and oxygen atoms in total. The molecule has 1 aromatic heterocycles. The summed E-state index contributed by atoms with van der Waals surface area (Å²) in [6.07, 6.45) is 3.57. The molecule has 0 amide bonds. The van der Waals surface area contributed by atoms with Crippen LogP contribution in [0.4, 0.5) is 0 Å². The number of pyridine rings is 1. The molecule has 0 radical (unpaired) electrons. The van der Waals surface area contributed by atoms with Gasteiger partial charge in [-0.25, -0.2) is 4.79 Å². The number of rotatable bonds is 3. The highest BCUT2D eigenvalue weighted by atomic mass is 35.5. The van der Waals surface area contributed by atoms with E-state index in [9.17, 15) is 4.79 Å². The van der Waals surface area contributed by atoms with Crippen LogP contribution in [0, 0.1) is 0 Å². The summed E-state index contributed by atoms with van der Waals surface area (Å²) in [4.78, 5) is 14.8. The van der Waals surface area contributed by atoms with Crippen molar-refractivity contribution in [1.82, 2.24) is 4.98 Å². The Labute approximate surface area is 112 Å². The zero-order valence-corrected chi connectivity index (χ0v) is 10.7. The lowest BCUT2D eigenvalue weighted by atomic mass is 9.94. The Hall–Kier alpha value is -1.87. The summed E-state index contributed by atoms with van der Waals surface area (Å²) in [5.41, 5.74) is 2.52. The lowest BCUT2D eigenvalue weighted by Gasteiger charge is -2.11. The normalized spacial score (nSPS) is 11.4. The molecule has 0 aliphatic carbocycles. The highest BCUT2D eigenvalue weighted by molar-refractivity contribution is 5.87. The van der Waals surface area contributed by atoms with Crippen LogP contribution < -0.4 is 0 Å². The van der Waals surface area contributed by atoms with Gasteiger partial charge in [0.1, 0.15) is 0 Å². The minimum atomic E-state index is -0.898. The van der Waals surface area contributed by atoms with Crippen molar-refractivity contribution >= 4 is 18.4 Å². The van der Waals surface area contributed by atoms with E-state index in [-0.39, 0.29) is 18.3 Å². The van der Waals surface area contributed by atoms with E-state index in [0.717, 1.165) is 11.1 Å². The molecule has 0 aliphatic heterocycles. The molecule has 0 fully saturated rings. The number of halogens is 1. The van der Waals surface area contributed by atoms with Crippen LogP contribution in [0.15, 0.2) is 48.8 Å². The van der Waals surface area contributed by atoms with E-state index in [4.69, 9.17) is 5.11 Å². The molecule has 4 heteroatoms. The minimum Gasteiger partial charge on any atom is -0.478 e. The molecule has 2 aromatic rings. The Kier molecular flexibility index (Phi) is 4.86. The zero-order valence-electron chi connectivity index (χ0n) is 9.91. The molecule has 0 saturated carbocycles. The smallest absolute Gasteiger partial charge is 0.335 e. The molecule has 1 heterocycles. The maximum atomic E-state index is 10.7. The maximum absolute atomic E-state index is 10.7. The highest BCUT2D eigenvalue weighted by Gasteiger charge is 2.09. The summed E-state index contributed by atoms with van der Waals surface area (Å²) < 4.78 is 0. The molecule has 18 heavy (non-hydrogen) atoms. The van der Waals surface area contributed by atoms with Gasteiger partial charge in [0.25, 0.3) is 0 Å². The van der Waals surface area contributed by atoms with Crippen molar-refractivity contribution in [2.75, 3.05) is 0 Å². The molecular weight excluding hydrogens is 250 g/mol. The Morgan fingerprint density at radius 2 is 1.83 bits per heavy atom. The number of aromatic nitrogens is 1. The molecule has 0 spiro atoms. The third-order valence-electron chi connectivity index (χ3n) is 2.84. The largest absolute Gasteiger partial charge is 0.478 e. The van der Waals surface area contributed by atoms with E-state index in [1.54, 1.807) is 18.3 Å². The lowest BCUT2D eigenvalue weighted by molar-refractivity contribution is 0.0697. The maximum Gasteiger partial charge on any atom is 0.335 e. The van der Waals surface area contributed by atoms with Crippen LogP contribution in [0.5, 0.6) is 0 Å². The number of nitrogens with zero attached hydrogens (tertiary/aromatic N) is 1. The van der Waals surface area contributed by atoms with Gasteiger partial charge in [0, 0.05) is 18.3 Å². The van der Waals surface area contributed by atoms with E-state index in [0.29, 0.717) is 5.56 Å². The van der Waals surface area contributed by atoms with Crippen molar-refractivity contribution in [2.45, 2.75) is 12.8 Å². The van der Waals surface area contributed by atoms with Crippen molar-refractivity contribution in [3.05, 3.63) is 65.5 Å². The van der Waals surface area contributed by atoms with E-state index in [2.05, 4.69) is 11.9 Å². The summed E-state index contributed by atoms with van der Waals surface area (Å²) in [6.45, 7) is 2.08. The first-order chi connectivity index (χ1) is 8.18. The van der Waals surface area contributed by atoms with Gasteiger partial charge in [0.2, 0.25) is 0 Å². The molecule has 0 bridgehead atoms. The van der Waals surface area contributed by atoms with Gasteiger partial charge in [-0.15, -0.1) is 12.4 Å². The first kappa shape index (κ1) is 14.2. The molecule has 1 unspecified atom stereocenters. The monoisotopic (exact) mass is 263 g/mol. The standard InChI is InChI=1S/C14H13NO2.ClH/c1-10(13-3-2-8-15-9-13)11-4-6-12(7-5-11)14(16)17;/h2-10H,1H3,(H,16,17);1H. The number of carbonyl (C=O) groups is 1. The van der Waals surface area contributed by atoms with E-state index >= 15 is 0 Å². The highest BCUT2D eigenvalue weighted by Crippen LogP contribution is 2.23. The van der Waals surface area contributed by atoms with Gasteiger partial charge in [0.15, 0.2) is 0 Å².